The van der Waals surface area contributed by atoms with E-state index >= 15 is 0 Å². The van der Waals surface area contributed by atoms with Crippen molar-refractivity contribution in [1.82, 2.24) is 14.7 Å². The highest BCUT2D eigenvalue weighted by Gasteiger charge is 2.30. The van der Waals surface area contributed by atoms with E-state index in [2.05, 4.69) is 0 Å². The number of imide groups is 3. The van der Waals surface area contributed by atoms with Crippen LogP contribution in [0, 0.1) is 5.92 Å². The van der Waals surface area contributed by atoms with Gasteiger partial charge in [-0.3, -0.25) is 53.1 Å². The fraction of sp³-hybridized carbons (Fsp3) is 0.649. The van der Waals surface area contributed by atoms with Gasteiger partial charge in [0.1, 0.15) is 11.6 Å². The SMILES string of the molecule is C/C=C\C(=O)N(C=O)CCCCCC(C)=O.CC.CC.CC(=O)CCOCCOCCN1C(=O)C=CC1=O.CC(C)C(=O)CN1C(=O)CCC1=O. The van der Waals surface area contributed by atoms with Crippen LogP contribution in [-0.2, 0) is 52.6 Å². The number of ketones is 3. The lowest BCUT2D eigenvalue weighted by molar-refractivity contribution is -0.142. The highest BCUT2D eigenvalue weighted by molar-refractivity contribution is 6.12. The van der Waals surface area contributed by atoms with E-state index < -0.39 is 0 Å². The summed E-state index contributed by atoms with van der Waals surface area (Å²) in [4.78, 5) is 102. The number of ether oxygens (including phenoxy) is 2. The van der Waals surface area contributed by atoms with Crippen molar-refractivity contribution in [1.29, 1.82) is 0 Å². The van der Waals surface area contributed by atoms with Crippen LogP contribution < -0.4 is 0 Å². The lowest BCUT2D eigenvalue weighted by atomic mass is 10.1. The molecule has 14 nitrogen and oxygen atoms in total. The second kappa shape index (κ2) is 33.0. The average molecular weight is 724 g/mol. The first-order valence-electron chi connectivity index (χ1n) is 17.7. The van der Waals surface area contributed by atoms with Crippen LogP contribution in [0.15, 0.2) is 24.3 Å². The van der Waals surface area contributed by atoms with Crippen LogP contribution in [0.4, 0.5) is 0 Å². The first-order chi connectivity index (χ1) is 24.2. The molecule has 0 aromatic rings. The van der Waals surface area contributed by atoms with E-state index in [1.165, 1.54) is 25.2 Å². The Morgan fingerprint density at radius 1 is 0.765 bits per heavy atom. The zero-order valence-electron chi connectivity index (χ0n) is 32.2. The van der Waals surface area contributed by atoms with Crippen LogP contribution in [0.3, 0.4) is 0 Å². The molecule has 2 rings (SSSR count). The monoisotopic (exact) mass is 723 g/mol. The molecule has 0 aromatic heterocycles. The normalized spacial score (nSPS) is 13.1. The molecule has 14 heteroatoms. The quantitative estimate of drug-likeness (QED) is 0.0765. The standard InChI is InChI=1S/C12H17NO5.C12H19NO3.C9H13NO3.2C2H6/c1-10(14)4-6-17-8-9-18-7-5-13-11(15)2-3-12(13)16;1-3-7-12(16)13(10-14)9-6-4-5-8-11(2)15;1-6(2)7(11)5-10-8(12)3-4-9(10)13;2*1-2/h2-3H,4-9H2,1H3;3,7,10H,4-6,8-9H2,1-2H3;6H,3-5H2,1-2H3;2*1-2H3/b;7-3-;;;. The van der Waals surface area contributed by atoms with Crippen molar-refractivity contribution in [3.8, 4) is 0 Å². The van der Waals surface area contributed by atoms with Crippen molar-refractivity contribution in [2.45, 2.75) is 107 Å². The molecule has 1 saturated heterocycles. The summed E-state index contributed by atoms with van der Waals surface area (Å²) in [6.07, 6.45) is 9.91. The summed E-state index contributed by atoms with van der Waals surface area (Å²) in [7, 11) is 0. The largest absolute Gasteiger partial charge is 0.379 e. The number of unbranched alkanes of at least 4 members (excludes halogenated alkanes) is 2. The van der Waals surface area contributed by atoms with Crippen molar-refractivity contribution in [2.24, 2.45) is 5.92 Å². The summed E-state index contributed by atoms with van der Waals surface area (Å²) in [5, 5.41) is 0. The number of carbonyl (C=O) groups is 9. The maximum absolute atomic E-state index is 11.3. The van der Waals surface area contributed by atoms with E-state index in [0.29, 0.717) is 45.6 Å². The van der Waals surface area contributed by atoms with Gasteiger partial charge in [-0.15, -0.1) is 0 Å². The van der Waals surface area contributed by atoms with Gasteiger partial charge in [-0.1, -0.05) is 54.0 Å². The highest BCUT2D eigenvalue weighted by atomic mass is 16.5. The predicted octanol–water partition coefficient (Wildman–Crippen LogP) is 4.03. The van der Waals surface area contributed by atoms with Gasteiger partial charge in [0.25, 0.3) is 17.7 Å². The molecule has 0 atom stereocenters. The summed E-state index contributed by atoms with van der Waals surface area (Å²) in [5.74, 6) is -1.26. The maximum atomic E-state index is 11.3. The fourth-order valence-corrected chi connectivity index (χ4v) is 3.77. The molecule has 51 heavy (non-hydrogen) atoms. The molecule has 0 N–H and O–H groups in total. The van der Waals surface area contributed by atoms with Crippen LogP contribution >= 0.6 is 0 Å². The van der Waals surface area contributed by atoms with Gasteiger partial charge in [0.15, 0.2) is 5.78 Å². The third kappa shape index (κ3) is 26.3. The number of carbonyl (C=O) groups excluding carboxylic acids is 9. The van der Waals surface area contributed by atoms with Gasteiger partial charge in [0.05, 0.1) is 39.5 Å². The molecular formula is C37H61N3O11. The van der Waals surface area contributed by atoms with E-state index in [1.807, 2.05) is 27.7 Å². The Kier molecular flexibility index (Phi) is 33.1. The summed E-state index contributed by atoms with van der Waals surface area (Å²) < 4.78 is 10.4. The molecule has 0 saturated carbocycles. The van der Waals surface area contributed by atoms with Crippen molar-refractivity contribution >= 4 is 53.3 Å². The minimum Gasteiger partial charge on any atom is -0.379 e. The molecule has 0 spiro atoms. The van der Waals surface area contributed by atoms with Gasteiger partial charge >= 0.3 is 0 Å². The van der Waals surface area contributed by atoms with E-state index in [1.54, 1.807) is 33.8 Å². The lowest BCUT2D eigenvalue weighted by Gasteiger charge is -2.13. The Balaban J connectivity index is -0.000000651. The fourth-order valence-electron chi connectivity index (χ4n) is 3.77. The Labute approximate surface area is 303 Å². The van der Waals surface area contributed by atoms with Crippen LogP contribution in [-0.4, -0.2) is 114 Å². The number of amides is 6. The summed E-state index contributed by atoms with van der Waals surface area (Å²) in [5.41, 5.74) is 0. The summed E-state index contributed by atoms with van der Waals surface area (Å²) >= 11 is 0. The number of rotatable bonds is 20. The number of hydrogen-bond acceptors (Lipinski definition) is 11. The highest BCUT2D eigenvalue weighted by Crippen LogP contribution is 2.12. The van der Waals surface area contributed by atoms with Gasteiger partial charge in [0.2, 0.25) is 18.2 Å². The molecule has 0 radical (unpaired) electrons. The molecule has 290 valence electrons. The topological polar surface area (TPSA) is 182 Å². The molecule has 0 unspecified atom stereocenters. The third-order valence-electron chi connectivity index (χ3n) is 6.59. The lowest BCUT2D eigenvalue weighted by Crippen LogP contribution is -2.35. The maximum Gasteiger partial charge on any atom is 0.253 e. The van der Waals surface area contributed by atoms with Crippen LogP contribution in [0.25, 0.3) is 0 Å². The van der Waals surface area contributed by atoms with Gasteiger partial charge in [0, 0.05) is 50.3 Å². The first-order valence-corrected chi connectivity index (χ1v) is 17.7. The zero-order valence-corrected chi connectivity index (χ0v) is 32.2. The van der Waals surface area contributed by atoms with E-state index in [4.69, 9.17) is 9.47 Å². The predicted molar refractivity (Wildman–Crippen MR) is 193 cm³/mol. The molecule has 1 fully saturated rings. The number of likely N-dealkylation sites (tertiary alicyclic amines) is 1. The number of Topliss-reactive ketones (excluding diaryl/α,β-unsaturated/α-hetero) is 3. The molecule has 0 bridgehead atoms. The van der Waals surface area contributed by atoms with E-state index in [9.17, 15) is 43.2 Å². The van der Waals surface area contributed by atoms with Crippen molar-refractivity contribution in [3.05, 3.63) is 24.3 Å². The van der Waals surface area contributed by atoms with Gasteiger partial charge in [-0.25, -0.2) is 0 Å². The second-order valence-corrected chi connectivity index (χ2v) is 11.0. The Hall–Kier alpha value is -4.17. The van der Waals surface area contributed by atoms with E-state index in [-0.39, 0.29) is 85.3 Å². The molecule has 6 amide bonds. The Morgan fingerprint density at radius 2 is 1.27 bits per heavy atom. The van der Waals surface area contributed by atoms with Crippen LogP contribution in [0.2, 0.25) is 0 Å². The van der Waals surface area contributed by atoms with Crippen molar-refractivity contribution in [2.75, 3.05) is 46.1 Å². The number of hydrogen-bond donors (Lipinski definition) is 0. The average Bonchev–Trinajstić information content (AvgIpc) is 3.60. The van der Waals surface area contributed by atoms with Crippen molar-refractivity contribution < 1.29 is 52.6 Å². The number of nitrogens with zero attached hydrogens (tertiary/aromatic N) is 3. The molecule has 0 aromatic carbocycles. The van der Waals surface area contributed by atoms with Gasteiger partial charge < -0.3 is 14.3 Å². The molecule has 2 aliphatic rings. The zero-order chi connectivity index (χ0) is 39.8. The van der Waals surface area contributed by atoms with Crippen molar-refractivity contribution in [3.63, 3.8) is 0 Å². The van der Waals surface area contributed by atoms with Crippen LogP contribution in [0.5, 0.6) is 0 Å². The Morgan fingerprint density at radius 3 is 1.73 bits per heavy atom. The minimum absolute atomic E-state index is 0.0463. The van der Waals surface area contributed by atoms with Gasteiger partial charge in [-0.2, -0.15) is 0 Å². The summed E-state index contributed by atoms with van der Waals surface area (Å²) in [6.45, 7) is 18.4. The number of allylic oxidation sites excluding steroid dienone is 1. The second-order valence-electron chi connectivity index (χ2n) is 11.0. The molecule has 0 aliphatic carbocycles. The first kappa shape index (κ1) is 51.2. The molecular weight excluding hydrogens is 662 g/mol. The molecule has 2 heterocycles. The van der Waals surface area contributed by atoms with Crippen LogP contribution in [0.1, 0.15) is 107 Å². The smallest absolute Gasteiger partial charge is 0.253 e. The molecule has 2 aliphatic heterocycles. The minimum atomic E-state index is -0.304. The summed E-state index contributed by atoms with van der Waals surface area (Å²) in [6, 6.07) is 0. The van der Waals surface area contributed by atoms with E-state index in [0.717, 1.165) is 34.0 Å². The van der Waals surface area contributed by atoms with Gasteiger partial charge in [-0.05, 0) is 39.7 Å². The Bertz CT molecular complexity index is 1130. The third-order valence-corrected chi connectivity index (χ3v) is 6.59.